The van der Waals surface area contributed by atoms with Gasteiger partial charge in [0.1, 0.15) is 0 Å². The van der Waals surface area contributed by atoms with Crippen LogP contribution in [0.5, 0.6) is 0 Å². The molecule has 0 radical (unpaired) electrons. The molecule has 0 aromatic heterocycles. The summed E-state index contributed by atoms with van der Waals surface area (Å²) in [5.41, 5.74) is 4.36. The van der Waals surface area contributed by atoms with Crippen LogP contribution in [0.2, 0.25) is 3.67 Å². The number of hydrogen-bond donors (Lipinski definition) is 0. The molecule has 3 aliphatic carbocycles. The van der Waals surface area contributed by atoms with Crippen molar-refractivity contribution in [3.8, 4) is 0 Å². The Bertz CT molecular complexity index is 741. The number of fused-ring (bicyclic) bond motifs is 6. The van der Waals surface area contributed by atoms with Crippen LogP contribution in [-0.4, -0.2) is 11.8 Å². The third-order valence-corrected chi connectivity index (χ3v) is 19.1. The zero-order chi connectivity index (χ0) is 16.1. The third kappa shape index (κ3) is 3.41. The first-order chi connectivity index (χ1) is 11.9. The van der Waals surface area contributed by atoms with Gasteiger partial charge in [0, 0.05) is 0 Å². The maximum absolute atomic E-state index is 2.65. The van der Waals surface area contributed by atoms with Crippen molar-refractivity contribution in [1.82, 2.24) is 0 Å². The van der Waals surface area contributed by atoms with Crippen molar-refractivity contribution >= 4 is 14.0 Å². The normalized spacial score (nSPS) is 34.7. The van der Waals surface area contributed by atoms with Crippen LogP contribution < -0.4 is 24.8 Å². The minimum atomic E-state index is -0.700. The molecule has 4 heteroatoms. The van der Waals surface area contributed by atoms with E-state index in [4.69, 9.17) is 0 Å². The fourth-order valence-electron chi connectivity index (χ4n) is 5.26. The zero-order valence-corrected chi connectivity index (χ0v) is 21.1. The zero-order valence-electron chi connectivity index (χ0n) is 15.1. The molecule has 1 aliphatic heterocycles. The second-order valence-corrected chi connectivity index (χ2v) is 15.9. The largest absolute Gasteiger partial charge is 1.00 e. The van der Waals surface area contributed by atoms with Gasteiger partial charge in [0.2, 0.25) is 0 Å². The molecule has 136 valence electrons. The Morgan fingerprint density at radius 3 is 2.77 bits per heavy atom. The van der Waals surface area contributed by atoms with Gasteiger partial charge in [-0.3, -0.25) is 0 Å². The molecule has 5 rings (SSSR count). The van der Waals surface area contributed by atoms with Gasteiger partial charge in [-0.05, 0) is 0 Å². The summed E-state index contributed by atoms with van der Waals surface area (Å²) in [6, 6.07) is 9.34. The van der Waals surface area contributed by atoms with Crippen molar-refractivity contribution < 1.29 is 47.7 Å². The second-order valence-electron chi connectivity index (χ2n) is 7.68. The number of unbranched alkanes of at least 4 members (excludes halogenated alkanes) is 1. The summed E-state index contributed by atoms with van der Waals surface area (Å²) in [6.45, 7) is 2.37. The van der Waals surface area contributed by atoms with Crippen molar-refractivity contribution in [3.05, 3.63) is 65.0 Å². The maximum Gasteiger partial charge on any atom is -1.00 e. The molecule has 6 unspecified atom stereocenters. The molecule has 4 aliphatic rings. The average molecular weight is 570 g/mol. The van der Waals surface area contributed by atoms with Gasteiger partial charge in [0.05, 0.1) is 0 Å². The first-order valence-electron chi connectivity index (χ1n) is 9.55. The topological polar surface area (TPSA) is 0 Å². The smallest absolute Gasteiger partial charge is 1.00 e. The molecule has 1 heterocycles. The molecule has 0 amide bonds. The first kappa shape index (κ1) is 21.0. The van der Waals surface area contributed by atoms with Crippen LogP contribution >= 0.6 is 7.92 Å². The van der Waals surface area contributed by atoms with Gasteiger partial charge in [0.25, 0.3) is 0 Å². The maximum atomic E-state index is 2.65. The van der Waals surface area contributed by atoms with Gasteiger partial charge >= 0.3 is 159 Å². The number of hydrogen-bond acceptors (Lipinski definition) is 0. The average Bonchev–Trinajstić information content (AvgIpc) is 3.17. The van der Waals surface area contributed by atoms with E-state index in [1.54, 1.807) is 11.1 Å². The standard InChI is InChI=1S/C22H25P.2ClH.Hf/c1-2-3-12-23(21-13-17-8-4-5-9-18(17)14-21)22-15-19-10-6-7-11-20(19)16-22;;;/h4-11,13-15,19-20,22H,2-3,12,16H2,1H3;2*1H;/q;;;+2/p-2. The molecule has 1 saturated heterocycles. The summed E-state index contributed by atoms with van der Waals surface area (Å²) in [7, 11) is 0.100. The molecule has 6 atom stereocenters. The van der Waals surface area contributed by atoms with Crippen LogP contribution in [0.25, 0.3) is 6.08 Å². The summed E-state index contributed by atoms with van der Waals surface area (Å²) in [5, 5.41) is 1.94. The van der Waals surface area contributed by atoms with Crippen molar-refractivity contribution in [2.45, 2.75) is 39.2 Å². The Labute approximate surface area is 182 Å². The molecule has 1 aromatic rings. The Morgan fingerprint density at radius 1 is 1.12 bits per heavy atom. The van der Waals surface area contributed by atoms with Gasteiger partial charge in [-0.15, -0.1) is 0 Å². The van der Waals surface area contributed by atoms with Crippen molar-refractivity contribution in [2.24, 2.45) is 11.8 Å². The summed E-state index contributed by atoms with van der Waals surface area (Å²) in [6.07, 6.45) is 18.2. The van der Waals surface area contributed by atoms with Crippen molar-refractivity contribution in [3.63, 3.8) is 0 Å². The van der Waals surface area contributed by atoms with Crippen LogP contribution in [-0.2, 0) is 22.9 Å². The molecule has 0 spiro atoms. The van der Waals surface area contributed by atoms with E-state index in [0.29, 0.717) is 0 Å². The summed E-state index contributed by atoms with van der Waals surface area (Å²) < 4.78 is 2.05. The van der Waals surface area contributed by atoms with E-state index in [1.165, 1.54) is 25.4 Å². The Morgan fingerprint density at radius 2 is 1.92 bits per heavy atom. The predicted molar refractivity (Wildman–Crippen MR) is 101 cm³/mol. The molecule has 1 saturated carbocycles. The number of allylic oxidation sites excluding steroid dienone is 5. The summed E-state index contributed by atoms with van der Waals surface area (Å²) in [4.78, 5) is 0. The van der Waals surface area contributed by atoms with Gasteiger partial charge in [0.15, 0.2) is 0 Å². The van der Waals surface area contributed by atoms with E-state index < -0.39 is 22.9 Å². The van der Waals surface area contributed by atoms with E-state index in [2.05, 4.69) is 61.6 Å². The Kier molecular flexibility index (Phi) is 7.10. The SMILES string of the molecule is CCCCP1C2=Cc3ccccc3[CH]2[Hf+2][CH]2C3C=CC=CC3CC21.[Cl-].[Cl-]. The Balaban J connectivity index is 0.000000980. The van der Waals surface area contributed by atoms with Gasteiger partial charge < -0.3 is 24.8 Å². The quantitative estimate of drug-likeness (QED) is 0.365. The van der Waals surface area contributed by atoms with Crippen LogP contribution in [0, 0.1) is 11.8 Å². The van der Waals surface area contributed by atoms with Crippen LogP contribution in [0.15, 0.2) is 53.9 Å². The van der Waals surface area contributed by atoms with Gasteiger partial charge in [-0.25, -0.2) is 0 Å². The second kappa shape index (κ2) is 8.77. The van der Waals surface area contributed by atoms with E-state index in [-0.39, 0.29) is 32.7 Å². The molecule has 0 bridgehead atoms. The van der Waals surface area contributed by atoms with E-state index >= 15 is 0 Å². The monoisotopic (exact) mass is 570 g/mol. The van der Waals surface area contributed by atoms with Crippen LogP contribution in [0.1, 0.15) is 41.0 Å². The number of halogens is 2. The van der Waals surface area contributed by atoms with E-state index in [1.807, 2.05) is 5.31 Å². The molecular weight excluding hydrogens is 545 g/mol. The molecule has 0 nitrogen and oxygen atoms in total. The van der Waals surface area contributed by atoms with Crippen LogP contribution in [0.4, 0.5) is 0 Å². The minimum absolute atomic E-state index is 0. The summed E-state index contributed by atoms with van der Waals surface area (Å²) in [5.74, 6) is 1.78. The fraction of sp³-hybridized carbons (Fsp3) is 0.455. The first-order valence-corrected chi connectivity index (χ1v) is 15.3. The molecule has 26 heavy (non-hydrogen) atoms. The molecule has 1 aromatic carbocycles. The molecule has 0 N–H and O–H groups in total. The summed E-state index contributed by atoms with van der Waals surface area (Å²) >= 11 is -0.700. The fourth-order valence-corrected chi connectivity index (χ4v) is 21.0. The third-order valence-electron chi connectivity index (χ3n) is 6.39. The Hall–Kier alpha value is 0.320. The molecular formula is C22H25Cl2HfP. The predicted octanol–water partition coefficient (Wildman–Crippen LogP) is 0.388. The minimum Gasteiger partial charge on any atom is -1.00 e. The molecule has 2 fully saturated rings. The van der Waals surface area contributed by atoms with Crippen molar-refractivity contribution in [2.75, 3.05) is 6.16 Å². The van der Waals surface area contributed by atoms with Crippen LogP contribution in [0.3, 0.4) is 0 Å². The number of rotatable bonds is 3. The van der Waals surface area contributed by atoms with Gasteiger partial charge in [-0.1, -0.05) is 0 Å². The van der Waals surface area contributed by atoms with E-state index in [9.17, 15) is 0 Å². The van der Waals surface area contributed by atoms with Gasteiger partial charge in [-0.2, -0.15) is 0 Å². The van der Waals surface area contributed by atoms with E-state index in [0.717, 1.165) is 24.8 Å². The van der Waals surface area contributed by atoms with Crippen molar-refractivity contribution in [1.29, 1.82) is 0 Å². The number of benzene rings is 1.